The van der Waals surface area contributed by atoms with E-state index < -0.39 is 11.7 Å². The first-order valence-corrected chi connectivity index (χ1v) is 9.60. The molecule has 1 atom stereocenters. The molecule has 2 aromatic rings. The van der Waals surface area contributed by atoms with Crippen LogP contribution in [0.2, 0.25) is 0 Å². The van der Waals surface area contributed by atoms with Gasteiger partial charge in [-0.05, 0) is 45.0 Å². The molecule has 0 spiro atoms. The zero-order valence-electron chi connectivity index (χ0n) is 17.3. The molecule has 1 amide bonds. The Morgan fingerprint density at radius 3 is 2.76 bits per heavy atom. The summed E-state index contributed by atoms with van der Waals surface area (Å²) in [7, 11) is 1.62. The van der Waals surface area contributed by atoms with Crippen LogP contribution in [0, 0.1) is 0 Å². The minimum absolute atomic E-state index is 0.121. The van der Waals surface area contributed by atoms with Crippen molar-refractivity contribution in [3.05, 3.63) is 30.1 Å². The van der Waals surface area contributed by atoms with Gasteiger partial charge in [-0.25, -0.2) is 4.79 Å². The summed E-state index contributed by atoms with van der Waals surface area (Å²) < 4.78 is 21.5. The van der Waals surface area contributed by atoms with Crippen molar-refractivity contribution < 1.29 is 23.5 Å². The van der Waals surface area contributed by atoms with E-state index in [0.29, 0.717) is 38.0 Å². The van der Waals surface area contributed by atoms with Gasteiger partial charge in [-0.3, -0.25) is 4.90 Å². The number of aromatic nitrogens is 2. The summed E-state index contributed by atoms with van der Waals surface area (Å²) in [6, 6.07) is 7.46. The summed E-state index contributed by atoms with van der Waals surface area (Å²) >= 11 is 0. The van der Waals surface area contributed by atoms with Gasteiger partial charge in [-0.15, -0.1) is 0 Å². The van der Waals surface area contributed by atoms with Crippen LogP contribution in [0.4, 0.5) is 4.79 Å². The van der Waals surface area contributed by atoms with Gasteiger partial charge >= 0.3 is 6.09 Å². The number of nitrogens with zero attached hydrogens (tertiary/aromatic N) is 3. The Morgan fingerprint density at radius 1 is 1.31 bits per heavy atom. The van der Waals surface area contributed by atoms with Gasteiger partial charge in [0.15, 0.2) is 5.82 Å². The SMILES string of the molecule is COc1ccc(-c2nc(CN3CCO[C@H](CNC(=O)OC(C)(C)C)C3)no2)cc1. The summed E-state index contributed by atoms with van der Waals surface area (Å²) in [5.74, 6) is 1.85. The molecule has 29 heavy (non-hydrogen) atoms. The van der Waals surface area contributed by atoms with E-state index in [0.717, 1.165) is 17.9 Å². The van der Waals surface area contributed by atoms with E-state index >= 15 is 0 Å². The van der Waals surface area contributed by atoms with Gasteiger partial charge in [0.2, 0.25) is 0 Å². The molecule has 9 nitrogen and oxygen atoms in total. The third kappa shape index (κ3) is 6.43. The number of ether oxygens (including phenoxy) is 3. The number of hydrogen-bond acceptors (Lipinski definition) is 8. The van der Waals surface area contributed by atoms with E-state index in [9.17, 15) is 4.79 Å². The van der Waals surface area contributed by atoms with Crippen molar-refractivity contribution in [2.45, 2.75) is 39.0 Å². The van der Waals surface area contributed by atoms with Crippen LogP contribution in [0.1, 0.15) is 26.6 Å². The molecule has 9 heteroatoms. The third-order valence-electron chi connectivity index (χ3n) is 4.27. The maximum atomic E-state index is 11.8. The molecule has 1 N–H and O–H groups in total. The molecule has 3 rings (SSSR count). The Morgan fingerprint density at radius 2 is 2.07 bits per heavy atom. The number of rotatable bonds is 6. The number of nitrogens with one attached hydrogen (secondary N) is 1. The van der Waals surface area contributed by atoms with Crippen LogP contribution in [0.25, 0.3) is 11.5 Å². The van der Waals surface area contributed by atoms with Crippen molar-refractivity contribution in [1.82, 2.24) is 20.4 Å². The van der Waals surface area contributed by atoms with Crippen molar-refractivity contribution in [3.8, 4) is 17.2 Å². The fraction of sp³-hybridized carbons (Fsp3) is 0.550. The number of alkyl carbamates (subject to hydrolysis) is 1. The molecule has 1 fully saturated rings. The molecule has 158 valence electrons. The molecule has 0 saturated carbocycles. The minimum atomic E-state index is -0.524. The highest BCUT2D eigenvalue weighted by molar-refractivity contribution is 5.67. The van der Waals surface area contributed by atoms with Crippen LogP contribution in [0.3, 0.4) is 0 Å². The van der Waals surface area contributed by atoms with Crippen molar-refractivity contribution in [1.29, 1.82) is 0 Å². The maximum Gasteiger partial charge on any atom is 0.407 e. The first-order valence-electron chi connectivity index (χ1n) is 9.60. The van der Waals surface area contributed by atoms with E-state index in [1.807, 2.05) is 45.0 Å². The Hall–Kier alpha value is -2.65. The molecule has 1 aliphatic heterocycles. The van der Waals surface area contributed by atoms with Gasteiger partial charge in [0.05, 0.1) is 26.4 Å². The standard InChI is InChI=1S/C20H28N4O5/c1-20(2,3)28-19(25)21-11-16-12-24(9-10-27-16)13-17-22-18(29-23-17)14-5-7-15(26-4)8-6-14/h5-8,16H,9-13H2,1-4H3,(H,21,25)/t16-/m1/s1. The summed E-state index contributed by atoms with van der Waals surface area (Å²) in [5.41, 5.74) is 0.315. The minimum Gasteiger partial charge on any atom is -0.497 e. The van der Waals surface area contributed by atoms with Crippen LogP contribution < -0.4 is 10.1 Å². The second-order valence-corrected chi connectivity index (χ2v) is 7.85. The molecular formula is C20H28N4O5. The molecule has 2 heterocycles. The van der Waals surface area contributed by atoms with Crippen molar-refractivity contribution in [2.75, 3.05) is 33.4 Å². The number of hydrogen-bond donors (Lipinski definition) is 1. The predicted molar refractivity (Wildman–Crippen MR) is 106 cm³/mol. The lowest BCUT2D eigenvalue weighted by Gasteiger charge is -2.32. The molecule has 0 unspecified atom stereocenters. The zero-order chi connectivity index (χ0) is 20.9. The lowest BCUT2D eigenvalue weighted by atomic mass is 10.2. The summed E-state index contributed by atoms with van der Waals surface area (Å²) in [6.45, 7) is 8.41. The average molecular weight is 404 g/mol. The second kappa shape index (κ2) is 9.23. The largest absolute Gasteiger partial charge is 0.497 e. The zero-order valence-corrected chi connectivity index (χ0v) is 17.3. The van der Waals surface area contributed by atoms with Crippen LogP contribution in [-0.2, 0) is 16.0 Å². The van der Waals surface area contributed by atoms with Crippen molar-refractivity contribution >= 4 is 6.09 Å². The lowest BCUT2D eigenvalue weighted by molar-refractivity contribution is -0.0321. The third-order valence-corrected chi connectivity index (χ3v) is 4.27. The number of morpholine rings is 1. The number of amides is 1. The van der Waals surface area contributed by atoms with Gasteiger partial charge in [0.25, 0.3) is 5.89 Å². The summed E-state index contributed by atoms with van der Waals surface area (Å²) in [6.07, 6.45) is -0.565. The Kier molecular flexibility index (Phi) is 6.71. The maximum absolute atomic E-state index is 11.8. The molecular weight excluding hydrogens is 376 g/mol. The van der Waals surface area contributed by atoms with Crippen LogP contribution in [0.15, 0.2) is 28.8 Å². The van der Waals surface area contributed by atoms with Crippen LogP contribution >= 0.6 is 0 Å². The lowest BCUT2D eigenvalue weighted by Crippen LogP contribution is -2.47. The van der Waals surface area contributed by atoms with E-state index in [4.69, 9.17) is 18.7 Å². The number of carbonyl (C=O) groups is 1. The number of benzene rings is 1. The number of carbonyl (C=O) groups excluding carboxylic acids is 1. The first kappa shape index (κ1) is 21.1. The van der Waals surface area contributed by atoms with E-state index in [1.54, 1.807) is 7.11 Å². The fourth-order valence-corrected chi connectivity index (χ4v) is 2.93. The van der Waals surface area contributed by atoms with E-state index in [-0.39, 0.29) is 6.10 Å². The van der Waals surface area contributed by atoms with Crippen molar-refractivity contribution in [2.24, 2.45) is 0 Å². The fourth-order valence-electron chi connectivity index (χ4n) is 2.93. The highest BCUT2D eigenvalue weighted by Gasteiger charge is 2.24. The van der Waals surface area contributed by atoms with Crippen LogP contribution in [-0.4, -0.2) is 66.2 Å². The van der Waals surface area contributed by atoms with Gasteiger partial charge in [-0.1, -0.05) is 5.16 Å². The highest BCUT2D eigenvalue weighted by atomic mass is 16.6. The topological polar surface area (TPSA) is 99.0 Å². The Balaban J connectivity index is 1.50. The molecule has 0 aliphatic carbocycles. The molecule has 1 aromatic carbocycles. The molecule has 1 saturated heterocycles. The second-order valence-electron chi connectivity index (χ2n) is 7.85. The average Bonchev–Trinajstić information content (AvgIpc) is 3.14. The molecule has 0 bridgehead atoms. The Bertz CT molecular complexity index is 800. The van der Waals surface area contributed by atoms with Gasteiger partial charge in [-0.2, -0.15) is 4.98 Å². The highest BCUT2D eigenvalue weighted by Crippen LogP contribution is 2.21. The van der Waals surface area contributed by atoms with E-state index in [1.165, 1.54) is 0 Å². The van der Waals surface area contributed by atoms with E-state index in [2.05, 4.69) is 20.4 Å². The molecule has 0 radical (unpaired) electrons. The summed E-state index contributed by atoms with van der Waals surface area (Å²) in [4.78, 5) is 18.5. The number of methoxy groups -OCH3 is 1. The summed E-state index contributed by atoms with van der Waals surface area (Å²) in [5, 5.41) is 6.83. The van der Waals surface area contributed by atoms with Gasteiger partial charge < -0.3 is 24.1 Å². The van der Waals surface area contributed by atoms with Gasteiger partial charge in [0, 0.05) is 25.2 Å². The van der Waals surface area contributed by atoms with Gasteiger partial charge in [0.1, 0.15) is 11.4 Å². The molecule has 1 aliphatic rings. The van der Waals surface area contributed by atoms with Crippen LogP contribution in [0.5, 0.6) is 5.75 Å². The normalized spacial score (nSPS) is 17.7. The molecule has 1 aromatic heterocycles. The monoisotopic (exact) mass is 404 g/mol. The quantitative estimate of drug-likeness (QED) is 0.784. The first-order chi connectivity index (χ1) is 13.8. The Labute approximate surface area is 170 Å². The van der Waals surface area contributed by atoms with Crippen molar-refractivity contribution in [3.63, 3.8) is 0 Å². The smallest absolute Gasteiger partial charge is 0.407 e. The predicted octanol–water partition coefficient (Wildman–Crippen LogP) is 2.47.